The van der Waals surface area contributed by atoms with Crippen molar-refractivity contribution in [2.45, 2.75) is 4.90 Å². The van der Waals surface area contributed by atoms with Crippen molar-refractivity contribution < 1.29 is 0 Å². The Labute approximate surface area is 146 Å². The van der Waals surface area contributed by atoms with Gasteiger partial charge in [0.15, 0.2) is 0 Å². The fourth-order valence-electron chi connectivity index (χ4n) is 2.32. The van der Waals surface area contributed by atoms with E-state index < -0.39 is 0 Å². The second kappa shape index (κ2) is 7.44. The molecule has 0 aliphatic rings. The standard InChI is InChI=1S/C20H17NS2/c1-21-20(14-19(22)16-8-3-2-4-9-16)23-18-12-11-15-7-5-6-10-17(15)13-18/h2-14,21H,1H3/b20-14+. The molecule has 0 radical (unpaired) electrons. The summed E-state index contributed by atoms with van der Waals surface area (Å²) >= 11 is 7.22. The highest BCUT2D eigenvalue weighted by Crippen LogP contribution is 2.28. The van der Waals surface area contributed by atoms with Crippen LogP contribution in [0, 0.1) is 0 Å². The zero-order valence-electron chi connectivity index (χ0n) is 12.8. The van der Waals surface area contributed by atoms with Crippen molar-refractivity contribution in [1.29, 1.82) is 0 Å². The lowest BCUT2D eigenvalue weighted by Gasteiger charge is -2.08. The van der Waals surface area contributed by atoms with Crippen LogP contribution in [0.4, 0.5) is 0 Å². The van der Waals surface area contributed by atoms with Crippen molar-refractivity contribution in [1.82, 2.24) is 5.32 Å². The quantitative estimate of drug-likeness (QED) is 0.290. The normalized spacial score (nSPS) is 11.4. The molecule has 0 spiro atoms. The zero-order chi connectivity index (χ0) is 16.1. The minimum absolute atomic E-state index is 0.836. The van der Waals surface area contributed by atoms with Crippen molar-refractivity contribution >= 4 is 39.6 Å². The topological polar surface area (TPSA) is 12.0 Å². The fourth-order valence-corrected chi connectivity index (χ4v) is 3.50. The smallest absolute Gasteiger partial charge is 0.0741 e. The van der Waals surface area contributed by atoms with Gasteiger partial charge in [0.2, 0.25) is 0 Å². The molecule has 0 atom stereocenters. The molecule has 0 fully saturated rings. The molecular formula is C20H17NS2. The number of rotatable bonds is 5. The van der Waals surface area contributed by atoms with E-state index in [9.17, 15) is 0 Å². The first-order valence-electron chi connectivity index (χ1n) is 7.42. The molecule has 0 amide bonds. The molecular weight excluding hydrogens is 318 g/mol. The van der Waals surface area contributed by atoms with Gasteiger partial charge in [0.05, 0.1) is 5.03 Å². The molecule has 0 saturated heterocycles. The van der Waals surface area contributed by atoms with Gasteiger partial charge in [-0.2, -0.15) is 0 Å². The summed E-state index contributed by atoms with van der Waals surface area (Å²) in [6, 6.07) is 25.0. The maximum atomic E-state index is 5.53. The van der Waals surface area contributed by atoms with E-state index in [1.54, 1.807) is 11.8 Å². The van der Waals surface area contributed by atoms with E-state index in [0.717, 1.165) is 15.5 Å². The lowest BCUT2D eigenvalue weighted by atomic mass is 10.1. The molecule has 1 nitrogen and oxygen atoms in total. The van der Waals surface area contributed by atoms with Gasteiger partial charge in [0.25, 0.3) is 0 Å². The first-order chi connectivity index (χ1) is 11.3. The van der Waals surface area contributed by atoms with Crippen molar-refractivity contribution in [3.8, 4) is 0 Å². The van der Waals surface area contributed by atoms with Gasteiger partial charge < -0.3 is 5.32 Å². The third-order valence-corrected chi connectivity index (χ3v) is 4.90. The molecule has 0 bridgehead atoms. The molecule has 3 rings (SSSR count). The van der Waals surface area contributed by atoms with Crippen LogP contribution in [-0.4, -0.2) is 11.9 Å². The number of thioether (sulfide) groups is 1. The number of hydrogen-bond acceptors (Lipinski definition) is 3. The van der Waals surface area contributed by atoms with Crippen LogP contribution in [0.1, 0.15) is 5.56 Å². The summed E-state index contributed by atoms with van der Waals surface area (Å²) < 4.78 is 0. The first kappa shape index (κ1) is 15.8. The Morgan fingerprint density at radius 2 is 1.61 bits per heavy atom. The molecule has 1 N–H and O–H groups in total. The van der Waals surface area contributed by atoms with Gasteiger partial charge in [-0.15, -0.1) is 0 Å². The second-order valence-electron chi connectivity index (χ2n) is 5.10. The molecule has 114 valence electrons. The summed E-state index contributed by atoms with van der Waals surface area (Å²) in [5, 5.41) is 6.78. The number of thiocarbonyl (C=S) groups is 1. The van der Waals surface area contributed by atoms with Crippen LogP contribution in [0.25, 0.3) is 10.8 Å². The van der Waals surface area contributed by atoms with E-state index in [1.165, 1.54) is 15.7 Å². The van der Waals surface area contributed by atoms with E-state index in [4.69, 9.17) is 12.2 Å². The lowest BCUT2D eigenvalue weighted by molar-refractivity contribution is 1.08. The average Bonchev–Trinajstić information content (AvgIpc) is 2.61. The predicted molar refractivity (Wildman–Crippen MR) is 105 cm³/mol. The average molecular weight is 335 g/mol. The SMILES string of the molecule is CN/C(=C\C(=S)c1ccccc1)Sc1ccc2ccccc2c1. The number of benzene rings is 3. The maximum absolute atomic E-state index is 5.53. The maximum Gasteiger partial charge on any atom is 0.0741 e. The van der Waals surface area contributed by atoms with Gasteiger partial charge >= 0.3 is 0 Å². The lowest BCUT2D eigenvalue weighted by Crippen LogP contribution is -2.05. The summed E-state index contributed by atoms with van der Waals surface area (Å²) in [5.41, 5.74) is 1.06. The molecule has 3 aromatic carbocycles. The third-order valence-electron chi connectivity index (χ3n) is 3.52. The van der Waals surface area contributed by atoms with Crippen molar-refractivity contribution in [3.63, 3.8) is 0 Å². The molecule has 0 saturated carbocycles. The van der Waals surface area contributed by atoms with E-state index in [-0.39, 0.29) is 0 Å². The fraction of sp³-hybridized carbons (Fsp3) is 0.0500. The first-order valence-corrected chi connectivity index (χ1v) is 8.64. The number of hydrogen-bond donors (Lipinski definition) is 1. The third kappa shape index (κ3) is 4.01. The molecule has 0 unspecified atom stereocenters. The van der Waals surface area contributed by atoms with Crippen LogP contribution in [-0.2, 0) is 0 Å². The molecule has 23 heavy (non-hydrogen) atoms. The van der Waals surface area contributed by atoms with Crippen LogP contribution >= 0.6 is 24.0 Å². The van der Waals surface area contributed by atoms with E-state index >= 15 is 0 Å². The number of allylic oxidation sites excluding steroid dienone is 1. The van der Waals surface area contributed by atoms with Crippen LogP contribution in [0.3, 0.4) is 0 Å². The van der Waals surface area contributed by atoms with E-state index in [0.29, 0.717) is 0 Å². The summed E-state index contributed by atoms with van der Waals surface area (Å²) in [4.78, 5) is 2.03. The van der Waals surface area contributed by atoms with Crippen LogP contribution in [0.15, 0.2) is 88.8 Å². The van der Waals surface area contributed by atoms with Gasteiger partial charge in [-0.05, 0) is 34.5 Å². The second-order valence-corrected chi connectivity index (χ2v) is 6.66. The van der Waals surface area contributed by atoms with Gasteiger partial charge in [-0.3, -0.25) is 0 Å². The minimum Gasteiger partial charge on any atom is -0.383 e. The molecule has 0 aliphatic carbocycles. The summed E-state index contributed by atoms with van der Waals surface area (Å²) in [5.74, 6) is 0. The minimum atomic E-state index is 0.836. The largest absolute Gasteiger partial charge is 0.383 e. The molecule has 0 aromatic heterocycles. The van der Waals surface area contributed by atoms with Crippen LogP contribution in [0.2, 0.25) is 0 Å². The highest BCUT2D eigenvalue weighted by atomic mass is 32.2. The van der Waals surface area contributed by atoms with Crippen molar-refractivity contribution in [3.05, 3.63) is 89.5 Å². The Hall–Kier alpha value is -2.10. The number of fused-ring (bicyclic) bond motifs is 1. The Kier molecular flexibility index (Phi) is 5.11. The van der Waals surface area contributed by atoms with Gasteiger partial charge in [-0.1, -0.05) is 84.6 Å². The Bertz CT molecular complexity index is 854. The molecule has 0 aliphatic heterocycles. The van der Waals surface area contributed by atoms with Crippen LogP contribution < -0.4 is 5.32 Å². The van der Waals surface area contributed by atoms with Crippen LogP contribution in [0.5, 0.6) is 0 Å². The Morgan fingerprint density at radius 1 is 0.913 bits per heavy atom. The highest BCUT2D eigenvalue weighted by Gasteiger charge is 2.04. The predicted octanol–water partition coefficient (Wildman–Crippen LogP) is 5.41. The van der Waals surface area contributed by atoms with Gasteiger partial charge in [0, 0.05) is 16.8 Å². The summed E-state index contributed by atoms with van der Waals surface area (Å²) in [7, 11) is 1.92. The van der Waals surface area contributed by atoms with Gasteiger partial charge in [-0.25, -0.2) is 0 Å². The molecule has 0 heterocycles. The monoisotopic (exact) mass is 335 g/mol. The van der Waals surface area contributed by atoms with Gasteiger partial charge in [0.1, 0.15) is 0 Å². The zero-order valence-corrected chi connectivity index (χ0v) is 14.5. The Balaban J connectivity index is 1.83. The molecule has 3 aromatic rings. The van der Waals surface area contributed by atoms with E-state index in [1.807, 2.05) is 43.5 Å². The number of nitrogens with one attached hydrogen (secondary N) is 1. The summed E-state index contributed by atoms with van der Waals surface area (Å²) in [6.45, 7) is 0. The highest BCUT2D eigenvalue weighted by molar-refractivity contribution is 8.03. The van der Waals surface area contributed by atoms with E-state index in [2.05, 4.69) is 47.8 Å². The molecule has 3 heteroatoms. The summed E-state index contributed by atoms with van der Waals surface area (Å²) in [6.07, 6.45) is 2.02. The van der Waals surface area contributed by atoms with Crippen molar-refractivity contribution in [2.75, 3.05) is 7.05 Å². The Morgan fingerprint density at radius 3 is 2.35 bits per heavy atom. The van der Waals surface area contributed by atoms with Crippen molar-refractivity contribution in [2.24, 2.45) is 0 Å².